The molecule has 0 aliphatic carbocycles. The molecule has 1 aliphatic heterocycles. The van der Waals surface area contributed by atoms with E-state index in [2.05, 4.69) is 5.10 Å². The van der Waals surface area contributed by atoms with Crippen molar-refractivity contribution in [1.29, 1.82) is 5.26 Å². The van der Waals surface area contributed by atoms with E-state index in [0.29, 0.717) is 6.61 Å². The van der Waals surface area contributed by atoms with Gasteiger partial charge in [-0.05, 0) is 38.3 Å². The Bertz CT molecular complexity index is 899. The van der Waals surface area contributed by atoms with Gasteiger partial charge in [0, 0.05) is 12.7 Å². The molecule has 29 heavy (non-hydrogen) atoms. The molecule has 0 amide bonds. The minimum Gasteiger partial charge on any atom is -0.453 e. The average Bonchev–Trinajstić information content (AvgIpc) is 2.98. The van der Waals surface area contributed by atoms with Gasteiger partial charge in [0.2, 0.25) is 5.69 Å². The lowest BCUT2D eigenvalue weighted by atomic mass is 10.2. The van der Waals surface area contributed by atoms with Crippen LogP contribution in [0.25, 0.3) is 0 Å². The van der Waals surface area contributed by atoms with Crippen molar-refractivity contribution in [1.82, 2.24) is 9.78 Å². The van der Waals surface area contributed by atoms with Crippen LogP contribution in [0.1, 0.15) is 36.2 Å². The molecule has 6 nitrogen and oxygen atoms in total. The molecule has 1 aromatic heterocycles. The standard InChI is InChI=1S/C19H19F4N3O3/c1-12-17(29-15-9-13(11-24)8-14(20)10-15)18(19(21,22)23)25-26(12)5-7-28-16-4-2-3-6-27-16/h8-10,16H,2-7H2,1H3. The molecule has 0 bridgehead atoms. The summed E-state index contributed by atoms with van der Waals surface area (Å²) in [6.07, 6.45) is -2.47. The summed E-state index contributed by atoms with van der Waals surface area (Å²) in [7, 11) is 0. The number of nitriles is 1. The SMILES string of the molecule is Cc1c(Oc2cc(F)cc(C#N)c2)c(C(F)(F)F)nn1CCOC1CCCCO1. The maximum absolute atomic E-state index is 13.6. The summed E-state index contributed by atoms with van der Waals surface area (Å²) >= 11 is 0. The van der Waals surface area contributed by atoms with Gasteiger partial charge in [0.15, 0.2) is 12.0 Å². The average molecular weight is 413 g/mol. The lowest BCUT2D eigenvalue weighted by molar-refractivity contribution is -0.164. The molecule has 0 radical (unpaired) electrons. The minimum atomic E-state index is -4.77. The molecule has 1 aliphatic rings. The zero-order chi connectivity index (χ0) is 21.0. The molecule has 1 saturated heterocycles. The van der Waals surface area contributed by atoms with Crippen LogP contribution in [0, 0.1) is 24.1 Å². The summed E-state index contributed by atoms with van der Waals surface area (Å²) in [4.78, 5) is 0. The summed E-state index contributed by atoms with van der Waals surface area (Å²) < 4.78 is 71.4. The van der Waals surface area contributed by atoms with Gasteiger partial charge in [0.05, 0.1) is 30.5 Å². The Balaban J connectivity index is 1.80. The second kappa shape index (κ2) is 8.80. The highest BCUT2D eigenvalue weighted by Gasteiger charge is 2.40. The third-order valence-corrected chi connectivity index (χ3v) is 4.39. The van der Waals surface area contributed by atoms with Crippen LogP contribution in [0.4, 0.5) is 17.6 Å². The fraction of sp³-hybridized carbons (Fsp3) is 0.474. The van der Waals surface area contributed by atoms with Crippen LogP contribution in [-0.2, 0) is 22.2 Å². The zero-order valence-electron chi connectivity index (χ0n) is 15.6. The van der Waals surface area contributed by atoms with Gasteiger partial charge >= 0.3 is 6.18 Å². The summed E-state index contributed by atoms with van der Waals surface area (Å²) in [6.45, 7) is 2.19. The van der Waals surface area contributed by atoms with E-state index in [4.69, 9.17) is 19.5 Å². The molecule has 1 fully saturated rings. The van der Waals surface area contributed by atoms with E-state index < -0.39 is 23.4 Å². The van der Waals surface area contributed by atoms with Crippen LogP contribution in [0.3, 0.4) is 0 Å². The molecule has 0 N–H and O–H groups in total. The van der Waals surface area contributed by atoms with Crippen molar-refractivity contribution in [2.24, 2.45) is 0 Å². The Morgan fingerprint density at radius 1 is 1.31 bits per heavy atom. The van der Waals surface area contributed by atoms with Crippen LogP contribution in [0.5, 0.6) is 11.5 Å². The van der Waals surface area contributed by atoms with E-state index in [-0.39, 0.29) is 36.4 Å². The highest BCUT2D eigenvalue weighted by atomic mass is 19.4. The lowest BCUT2D eigenvalue weighted by Gasteiger charge is -2.22. The molecule has 2 aromatic rings. The van der Waals surface area contributed by atoms with Gasteiger partial charge in [-0.2, -0.15) is 23.5 Å². The van der Waals surface area contributed by atoms with Crippen molar-refractivity contribution in [3.63, 3.8) is 0 Å². The largest absolute Gasteiger partial charge is 0.453 e. The van der Waals surface area contributed by atoms with Crippen molar-refractivity contribution in [3.05, 3.63) is 41.0 Å². The summed E-state index contributed by atoms with van der Waals surface area (Å²) in [5.74, 6) is -1.55. The third-order valence-electron chi connectivity index (χ3n) is 4.39. The van der Waals surface area contributed by atoms with E-state index in [1.807, 2.05) is 0 Å². The van der Waals surface area contributed by atoms with Crippen molar-refractivity contribution in [3.8, 4) is 17.6 Å². The molecule has 10 heteroatoms. The minimum absolute atomic E-state index is 0.0602. The summed E-state index contributed by atoms with van der Waals surface area (Å²) in [5.41, 5.74) is -1.19. The molecule has 0 spiro atoms. The van der Waals surface area contributed by atoms with Crippen molar-refractivity contribution in [2.75, 3.05) is 13.2 Å². The van der Waals surface area contributed by atoms with Crippen LogP contribution in [0.15, 0.2) is 18.2 Å². The molecule has 2 heterocycles. The number of aromatic nitrogens is 2. The van der Waals surface area contributed by atoms with E-state index in [9.17, 15) is 17.6 Å². The van der Waals surface area contributed by atoms with E-state index in [1.165, 1.54) is 6.92 Å². The van der Waals surface area contributed by atoms with E-state index in [0.717, 1.165) is 42.1 Å². The van der Waals surface area contributed by atoms with Gasteiger partial charge in [-0.3, -0.25) is 4.68 Å². The van der Waals surface area contributed by atoms with E-state index >= 15 is 0 Å². The second-order valence-electron chi connectivity index (χ2n) is 6.54. The smallest absolute Gasteiger partial charge is 0.438 e. The highest BCUT2D eigenvalue weighted by Crippen LogP contribution is 2.39. The number of hydrogen-bond acceptors (Lipinski definition) is 5. The van der Waals surface area contributed by atoms with Crippen LogP contribution in [0.2, 0.25) is 0 Å². The number of alkyl halides is 3. The maximum Gasteiger partial charge on any atom is 0.438 e. The van der Waals surface area contributed by atoms with Gasteiger partial charge in [-0.15, -0.1) is 0 Å². The topological polar surface area (TPSA) is 69.3 Å². The van der Waals surface area contributed by atoms with Crippen molar-refractivity contribution in [2.45, 2.75) is 45.2 Å². The number of benzene rings is 1. The van der Waals surface area contributed by atoms with E-state index in [1.54, 1.807) is 6.07 Å². The van der Waals surface area contributed by atoms with Gasteiger partial charge < -0.3 is 14.2 Å². The Morgan fingerprint density at radius 2 is 2.10 bits per heavy atom. The molecule has 3 rings (SSSR count). The highest BCUT2D eigenvalue weighted by molar-refractivity contribution is 5.43. The van der Waals surface area contributed by atoms with Crippen LogP contribution >= 0.6 is 0 Å². The Labute approximate surface area is 164 Å². The molecule has 0 saturated carbocycles. The second-order valence-corrected chi connectivity index (χ2v) is 6.54. The summed E-state index contributed by atoms with van der Waals surface area (Å²) in [6, 6.07) is 4.74. The maximum atomic E-state index is 13.6. The Kier molecular flexibility index (Phi) is 6.39. The van der Waals surface area contributed by atoms with Crippen molar-refractivity contribution >= 4 is 0 Å². The fourth-order valence-electron chi connectivity index (χ4n) is 2.97. The molecule has 1 atom stereocenters. The fourth-order valence-corrected chi connectivity index (χ4v) is 2.97. The molecule has 1 aromatic carbocycles. The third kappa shape index (κ3) is 5.25. The lowest BCUT2D eigenvalue weighted by Crippen LogP contribution is -2.24. The first-order valence-corrected chi connectivity index (χ1v) is 9.04. The van der Waals surface area contributed by atoms with Crippen LogP contribution < -0.4 is 4.74 Å². The zero-order valence-corrected chi connectivity index (χ0v) is 15.6. The Hall–Kier alpha value is -2.64. The number of ether oxygens (including phenoxy) is 3. The number of hydrogen-bond donors (Lipinski definition) is 0. The predicted molar refractivity (Wildman–Crippen MR) is 92.7 cm³/mol. The number of halogens is 4. The number of rotatable bonds is 6. The normalized spacial score (nSPS) is 17.2. The molecular weight excluding hydrogens is 394 g/mol. The van der Waals surface area contributed by atoms with Gasteiger partial charge in [0.1, 0.15) is 11.6 Å². The summed E-state index contributed by atoms with van der Waals surface area (Å²) in [5, 5.41) is 12.5. The van der Waals surface area contributed by atoms with Crippen molar-refractivity contribution < 1.29 is 31.8 Å². The Morgan fingerprint density at radius 3 is 2.76 bits per heavy atom. The quantitative estimate of drug-likeness (QED) is 0.650. The van der Waals surface area contributed by atoms with Gasteiger partial charge in [-0.1, -0.05) is 0 Å². The molecule has 156 valence electrons. The molecular formula is C19H19F4N3O3. The predicted octanol–water partition coefficient (Wildman–Crippen LogP) is 4.56. The van der Waals surface area contributed by atoms with Gasteiger partial charge in [0.25, 0.3) is 0 Å². The van der Waals surface area contributed by atoms with Crippen LogP contribution in [-0.4, -0.2) is 29.3 Å². The monoisotopic (exact) mass is 413 g/mol. The molecule has 1 unspecified atom stereocenters. The number of nitrogens with zero attached hydrogens (tertiary/aromatic N) is 3. The van der Waals surface area contributed by atoms with Gasteiger partial charge in [-0.25, -0.2) is 4.39 Å². The first-order chi connectivity index (χ1) is 13.8. The first kappa shape index (κ1) is 21.1. The first-order valence-electron chi connectivity index (χ1n) is 9.04.